The minimum Gasteiger partial charge on any atom is -0.494 e. The van der Waals surface area contributed by atoms with E-state index in [1.807, 2.05) is 12.1 Å². The second-order valence-corrected chi connectivity index (χ2v) is 6.50. The van der Waals surface area contributed by atoms with Gasteiger partial charge in [0.15, 0.2) is 0 Å². The molecule has 0 saturated carbocycles. The van der Waals surface area contributed by atoms with E-state index in [4.69, 9.17) is 4.74 Å². The highest BCUT2D eigenvalue weighted by atomic mass is 16.5. The van der Waals surface area contributed by atoms with E-state index in [1.165, 1.54) is 32.6 Å². The van der Waals surface area contributed by atoms with Gasteiger partial charge < -0.3 is 15.4 Å². The lowest BCUT2D eigenvalue weighted by atomic mass is 10.1. The number of hydrogen-bond donors (Lipinski definition) is 2. The topological polar surface area (TPSA) is 67.4 Å². The van der Waals surface area contributed by atoms with Crippen LogP contribution in [0.2, 0.25) is 0 Å². The molecular weight excluding hydrogens is 340 g/mol. The van der Waals surface area contributed by atoms with Crippen LogP contribution in [0, 0.1) is 0 Å². The van der Waals surface area contributed by atoms with E-state index in [1.54, 1.807) is 36.4 Å². The second kappa shape index (κ2) is 11.0. The maximum absolute atomic E-state index is 12.3. The van der Waals surface area contributed by atoms with Gasteiger partial charge in [0.05, 0.1) is 6.61 Å². The maximum atomic E-state index is 12.3. The average molecular weight is 368 g/mol. The zero-order valence-electron chi connectivity index (χ0n) is 16.1. The SMILES string of the molecule is CCCCCCCOc1ccc(C(=O)Nc2ccc(NC(C)=O)cc2)cc1. The van der Waals surface area contributed by atoms with Crippen molar-refractivity contribution in [1.82, 2.24) is 0 Å². The first-order chi connectivity index (χ1) is 13.1. The molecule has 0 aromatic heterocycles. The predicted molar refractivity (Wildman–Crippen MR) is 109 cm³/mol. The molecule has 0 radical (unpaired) electrons. The van der Waals surface area contributed by atoms with Crippen molar-refractivity contribution in [3.63, 3.8) is 0 Å². The van der Waals surface area contributed by atoms with Gasteiger partial charge >= 0.3 is 0 Å². The Morgan fingerprint density at radius 3 is 2.00 bits per heavy atom. The standard InChI is InChI=1S/C22H28N2O3/c1-3-4-5-6-7-16-27-21-14-8-18(9-15-21)22(26)24-20-12-10-19(11-13-20)23-17(2)25/h8-15H,3-7,16H2,1-2H3,(H,23,25)(H,24,26). The summed E-state index contributed by atoms with van der Waals surface area (Å²) >= 11 is 0. The molecule has 2 aromatic rings. The molecule has 0 unspecified atom stereocenters. The van der Waals surface area contributed by atoms with Crippen molar-refractivity contribution >= 4 is 23.2 Å². The molecule has 2 rings (SSSR count). The van der Waals surface area contributed by atoms with Gasteiger partial charge in [-0.15, -0.1) is 0 Å². The van der Waals surface area contributed by atoms with Gasteiger partial charge in [0, 0.05) is 23.9 Å². The van der Waals surface area contributed by atoms with Gasteiger partial charge in [-0.3, -0.25) is 9.59 Å². The van der Waals surface area contributed by atoms with Crippen LogP contribution in [0.25, 0.3) is 0 Å². The summed E-state index contributed by atoms with van der Waals surface area (Å²) in [6, 6.07) is 14.1. The molecule has 27 heavy (non-hydrogen) atoms. The van der Waals surface area contributed by atoms with Crippen molar-refractivity contribution in [2.45, 2.75) is 46.0 Å². The number of nitrogens with one attached hydrogen (secondary N) is 2. The lowest BCUT2D eigenvalue weighted by Gasteiger charge is -2.09. The highest BCUT2D eigenvalue weighted by Crippen LogP contribution is 2.17. The lowest BCUT2D eigenvalue weighted by Crippen LogP contribution is -2.12. The third kappa shape index (κ3) is 7.52. The number of hydrogen-bond acceptors (Lipinski definition) is 3. The number of carbonyl (C=O) groups is 2. The Hall–Kier alpha value is -2.82. The van der Waals surface area contributed by atoms with Crippen LogP contribution >= 0.6 is 0 Å². The fourth-order valence-electron chi connectivity index (χ4n) is 2.64. The third-order valence-corrected chi connectivity index (χ3v) is 4.10. The van der Waals surface area contributed by atoms with Crippen LogP contribution in [0.5, 0.6) is 5.75 Å². The molecule has 5 nitrogen and oxygen atoms in total. The highest BCUT2D eigenvalue weighted by Gasteiger charge is 2.07. The molecule has 0 atom stereocenters. The molecule has 0 aliphatic rings. The van der Waals surface area contributed by atoms with E-state index >= 15 is 0 Å². The van der Waals surface area contributed by atoms with Crippen LogP contribution in [0.1, 0.15) is 56.3 Å². The van der Waals surface area contributed by atoms with E-state index in [9.17, 15) is 9.59 Å². The van der Waals surface area contributed by atoms with Gasteiger partial charge in [-0.2, -0.15) is 0 Å². The summed E-state index contributed by atoms with van der Waals surface area (Å²) in [7, 11) is 0. The van der Waals surface area contributed by atoms with Crippen LogP contribution in [-0.2, 0) is 4.79 Å². The zero-order chi connectivity index (χ0) is 19.5. The molecule has 0 saturated heterocycles. The molecule has 2 aromatic carbocycles. The quantitative estimate of drug-likeness (QED) is 0.563. The van der Waals surface area contributed by atoms with E-state index in [2.05, 4.69) is 17.6 Å². The van der Waals surface area contributed by atoms with Gasteiger partial charge in [-0.25, -0.2) is 0 Å². The summed E-state index contributed by atoms with van der Waals surface area (Å²) in [4.78, 5) is 23.3. The fourth-order valence-corrected chi connectivity index (χ4v) is 2.64. The Morgan fingerprint density at radius 1 is 0.815 bits per heavy atom. The van der Waals surface area contributed by atoms with Gasteiger partial charge in [-0.1, -0.05) is 32.6 Å². The molecule has 0 aliphatic heterocycles. The Balaban J connectivity index is 1.80. The molecular formula is C22H28N2O3. The molecule has 0 heterocycles. The molecule has 0 aliphatic carbocycles. The van der Waals surface area contributed by atoms with Gasteiger partial charge in [-0.05, 0) is 55.0 Å². The Morgan fingerprint density at radius 2 is 1.41 bits per heavy atom. The van der Waals surface area contributed by atoms with Crippen molar-refractivity contribution in [2.75, 3.05) is 17.2 Å². The van der Waals surface area contributed by atoms with E-state index in [0.29, 0.717) is 23.5 Å². The molecule has 0 bridgehead atoms. The van der Waals surface area contributed by atoms with Crippen LogP contribution < -0.4 is 15.4 Å². The van der Waals surface area contributed by atoms with Crippen molar-refractivity contribution in [1.29, 1.82) is 0 Å². The van der Waals surface area contributed by atoms with Crippen LogP contribution in [-0.4, -0.2) is 18.4 Å². The Kier molecular flexibility index (Phi) is 8.36. The smallest absolute Gasteiger partial charge is 0.255 e. The normalized spacial score (nSPS) is 10.3. The van der Waals surface area contributed by atoms with Crippen LogP contribution in [0.3, 0.4) is 0 Å². The molecule has 0 fully saturated rings. The molecule has 2 N–H and O–H groups in total. The first-order valence-corrected chi connectivity index (χ1v) is 9.50. The van der Waals surface area contributed by atoms with E-state index in [0.717, 1.165) is 12.2 Å². The summed E-state index contributed by atoms with van der Waals surface area (Å²) in [5, 5.41) is 5.53. The number of amides is 2. The number of rotatable bonds is 10. The molecule has 144 valence electrons. The molecule has 5 heteroatoms. The molecule has 0 spiro atoms. The summed E-state index contributed by atoms with van der Waals surface area (Å²) < 4.78 is 5.72. The second-order valence-electron chi connectivity index (χ2n) is 6.50. The first kappa shape index (κ1) is 20.5. The monoisotopic (exact) mass is 368 g/mol. The van der Waals surface area contributed by atoms with Gasteiger partial charge in [0.1, 0.15) is 5.75 Å². The van der Waals surface area contributed by atoms with Crippen LogP contribution in [0.15, 0.2) is 48.5 Å². The first-order valence-electron chi connectivity index (χ1n) is 9.50. The van der Waals surface area contributed by atoms with Crippen molar-refractivity contribution in [2.24, 2.45) is 0 Å². The van der Waals surface area contributed by atoms with Gasteiger partial charge in [0.25, 0.3) is 5.91 Å². The Labute approximate surface area is 161 Å². The molecule has 2 amide bonds. The summed E-state index contributed by atoms with van der Waals surface area (Å²) in [5.74, 6) is 0.463. The minimum absolute atomic E-state index is 0.130. The number of carbonyl (C=O) groups excluding carboxylic acids is 2. The number of benzene rings is 2. The largest absolute Gasteiger partial charge is 0.494 e. The van der Waals surface area contributed by atoms with Gasteiger partial charge in [0.2, 0.25) is 5.91 Å². The summed E-state index contributed by atoms with van der Waals surface area (Å²) in [5.41, 5.74) is 1.93. The highest BCUT2D eigenvalue weighted by molar-refractivity contribution is 6.04. The van der Waals surface area contributed by atoms with Crippen molar-refractivity contribution < 1.29 is 14.3 Å². The van der Waals surface area contributed by atoms with E-state index < -0.39 is 0 Å². The maximum Gasteiger partial charge on any atom is 0.255 e. The van der Waals surface area contributed by atoms with Crippen molar-refractivity contribution in [3.8, 4) is 5.75 Å². The van der Waals surface area contributed by atoms with Crippen LogP contribution in [0.4, 0.5) is 11.4 Å². The van der Waals surface area contributed by atoms with Crippen molar-refractivity contribution in [3.05, 3.63) is 54.1 Å². The Bertz CT molecular complexity index is 724. The third-order valence-electron chi connectivity index (χ3n) is 4.10. The summed E-state index contributed by atoms with van der Waals surface area (Å²) in [6.07, 6.45) is 6.01. The number of anilines is 2. The lowest BCUT2D eigenvalue weighted by molar-refractivity contribution is -0.114. The number of unbranched alkanes of at least 4 members (excludes halogenated alkanes) is 4. The fraction of sp³-hybridized carbons (Fsp3) is 0.364. The number of ether oxygens (including phenoxy) is 1. The predicted octanol–water partition coefficient (Wildman–Crippen LogP) is 5.25. The average Bonchev–Trinajstić information content (AvgIpc) is 2.66. The summed E-state index contributed by atoms with van der Waals surface area (Å²) in [6.45, 7) is 4.36. The van der Waals surface area contributed by atoms with E-state index in [-0.39, 0.29) is 11.8 Å². The zero-order valence-corrected chi connectivity index (χ0v) is 16.1. The minimum atomic E-state index is -0.187.